The smallest absolute Gasteiger partial charge is 0.275 e. The fraction of sp³-hybridized carbons (Fsp3) is 1.00. The van der Waals surface area contributed by atoms with Crippen LogP contribution in [-0.2, 0) is 4.74 Å². The monoisotopic (exact) mass is 144 g/mol. The number of hydrogen-bond acceptors (Lipinski definition) is 1. The quantitative estimate of drug-likeness (QED) is 0.420. The van der Waals surface area contributed by atoms with Crippen LogP contribution >= 0.6 is 0 Å². The molecule has 0 N–H and O–H groups in total. The summed E-state index contributed by atoms with van der Waals surface area (Å²) in [5.74, 6) is 0. The molecule has 9 heavy (non-hydrogen) atoms. The second-order valence-electron chi connectivity index (χ2n) is 1.85. The first-order valence-corrected chi connectivity index (χ1v) is 2.30. The molecule has 1 nitrogen and oxygen atoms in total. The molecular weight excluding hydrogens is 140 g/mol. The second-order valence-corrected chi connectivity index (χ2v) is 1.85. The number of halogens is 4. The van der Waals surface area contributed by atoms with Crippen molar-refractivity contribution in [3.63, 3.8) is 0 Å². The third-order valence-electron chi connectivity index (χ3n) is 1.22. The normalized spacial score (nSPS) is 23.3. The Kier molecular flexibility index (Phi) is 1.38. The molecule has 0 radical (unpaired) electrons. The van der Waals surface area contributed by atoms with Crippen LogP contribution in [0.25, 0.3) is 0 Å². The van der Waals surface area contributed by atoms with E-state index in [0.29, 0.717) is 0 Å². The summed E-state index contributed by atoms with van der Waals surface area (Å²) in [6.45, 7) is -0.525. The maximum atomic E-state index is 11.5. The van der Waals surface area contributed by atoms with Gasteiger partial charge in [0, 0.05) is 0 Å². The van der Waals surface area contributed by atoms with Crippen molar-refractivity contribution in [2.45, 2.75) is 18.5 Å². The van der Waals surface area contributed by atoms with Gasteiger partial charge in [0.2, 0.25) is 5.60 Å². The van der Waals surface area contributed by atoms with E-state index in [1.54, 1.807) is 0 Å². The van der Waals surface area contributed by atoms with E-state index in [0.717, 1.165) is 0 Å². The zero-order valence-electron chi connectivity index (χ0n) is 4.28. The van der Waals surface area contributed by atoms with Crippen LogP contribution in [0, 0.1) is 0 Å². The van der Waals surface area contributed by atoms with Crippen molar-refractivity contribution in [2.75, 3.05) is 6.61 Å². The predicted octanol–water partition coefficient (Wildman–Crippen LogP) is 1.29. The molecule has 0 atom stereocenters. The highest BCUT2D eigenvalue weighted by Crippen LogP contribution is 2.39. The molecule has 0 aromatic rings. The minimum atomic E-state index is -3.07. The lowest BCUT2D eigenvalue weighted by Crippen LogP contribution is -2.30. The molecule has 0 amide bonds. The lowest BCUT2D eigenvalue weighted by atomic mass is 10.2. The van der Waals surface area contributed by atoms with Crippen molar-refractivity contribution >= 4 is 0 Å². The van der Waals surface area contributed by atoms with E-state index in [2.05, 4.69) is 4.74 Å². The van der Waals surface area contributed by atoms with E-state index in [9.17, 15) is 17.6 Å². The van der Waals surface area contributed by atoms with Crippen LogP contribution in [0.3, 0.4) is 0 Å². The summed E-state index contributed by atoms with van der Waals surface area (Å²) in [5.41, 5.74) is -2.42. The molecule has 1 heterocycles. The molecule has 54 valence electrons. The highest BCUT2D eigenvalue weighted by atomic mass is 19.3. The maximum Gasteiger partial charge on any atom is 0.275 e. The first kappa shape index (κ1) is 6.80. The SMILES string of the molecule is FC(F)C1(C(F)F)CO1. The maximum absolute atomic E-state index is 11.5. The number of ether oxygens (including phenoxy) is 1. The van der Waals surface area contributed by atoms with Crippen LogP contribution in [0.15, 0.2) is 0 Å². The molecule has 1 aliphatic rings. The topological polar surface area (TPSA) is 12.5 Å². The van der Waals surface area contributed by atoms with Crippen LogP contribution in [0.1, 0.15) is 0 Å². The van der Waals surface area contributed by atoms with Gasteiger partial charge < -0.3 is 4.74 Å². The van der Waals surface area contributed by atoms with E-state index in [4.69, 9.17) is 0 Å². The first-order valence-electron chi connectivity index (χ1n) is 2.30. The highest BCUT2D eigenvalue weighted by Gasteiger charge is 2.61. The molecule has 1 saturated heterocycles. The zero-order chi connectivity index (χ0) is 7.07. The average molecular weight is 144 g/mol. The van der Waals surface area contributed by atoms with Gasteiger partial charge in [-0.1, -0.05) is 0 Å². The summed E-state index contributed by atoms with van der Waals surface area (Å²) in [4.78, 5) is 0. The van der Waals surface area contributed by atoms with Gasteiger partial charge in [-0.3, -0.25) is 0 Å². The lowest BCUT2D eigenvalue weighted by molar-refractivity contribution is -0.0496. The summed E-state index contributed by atoms with van der Waals surface area (Å²) < 4.78 is 50.0. The molecule has 0 saturated carbocycles. The molecule has 1 rings (SSSR count). The second kappa shape index (κ2) is 1.83. The Morgan fingerprint density at radius 3 is 1.44 bits per heavy atom. The Balaban J connectivity index is 2.52. The lowest BCUT2D eigenvalue weighted by Gasteiger charge is -2.06. The Bertz CT molecular complexity index is 99.1. The molecule has 0 aromatic heterocycles. The standard InChI is InChI=1S/C4H4F4O/c5-2(6)4(1-9-4)3(7)8/h2-3H,1H2. The van der Waals surface area contributed by atoms with E-state index in [-0.39, 0.29) is 0 Å². The first-order chi connectivity index (χ1) is 4.09. The van der Waals surface area contributed by atoms with Gasteiger partial charge in [0.25, 0.3) is 12.9 Å². The molecule has 0 spiro atoms. The Labute approximate surface area is 48.6 Å². The molecule has 5 heteroatoms. The van der Waals surface area contributed by atoms with Crippen molar-refractivity contribution in [1.29, 1.82) is 0 Å². The van der Waals surface area contributed by atoms with Gasteiger partial charge in [-0.05, 0) is 0 Å². The van der Waals surface area contributed by atoms with Gasteiger partial charge in [0.1, 0.15) is 0 Å². The van der Waals surface area contributed by atoms with Gasteiger partial charge >= 0.3 is 0 Å². The van der Waals surface area contributed by atoms with Gasteiger partial charge in [0.15, 0.2) is 0 Å². The van der Waals surface area contributed by atoms with Crippen LogP contribution in [0.5, 0.6) is 0 Å². The number of alkyl halides is 4. The van der Waals surface area contributed by atoms with Crippen LogP contribution in [-0.4, -0.2) is 25.1 Å². The minimum absolute atomic E-state index is 0.525. The summed E-state index contributed by atoms with van der Waals surface area (Å²) in [7, 11) is 0. The van der Waals surface area contributed by atoms with Gasteiger partial charge in [-0.25, -0.2) is 17.6 Å². The van der Waals surface area contributed by atoms with Gasteiger partial charge in [-0.2, -0.15) is 0 Å². The van der Waals surface area contributed by atoms with E-state index in [1.807, 2.05) is 0 Å². The Hall–Kier alpha value is -0.320. The van der Waals surface area contributed by atoms with Gasteiger partial charge in [0.05, 0.1) is 6.61 Å². The third-order valence-corrected chi connectivity index (χ3v) is 1.22. The number of hydrogen-bond donors (Lipinski definition) is 0. The summed E-state index contributed by atoms with van der Waals surface area (Å²) in [5, 5.41) is 0. The third kappa shape index (κ3) is 0.891. The minimum Gasteiger partial charge on any atom is -0.358 e. The van der Waals surface area contributed by atoms with Gasteiger partial charge in [-0.15, -0.1) is 0 Å². The molecule has 1 fully saturated rings. The summed E-state index contributed by atoms with van der Waals surface area (Å²) in [6, 6.07) is 0. The molecule has 0 aromatic carbocycles. The van der Waals surface area contributed by atoms with Crippen molar-refractivity contribution in [2.24, 2.45) is 0 Å². The van der Waals surface area contributed by atoms with Crippen molar-refractivity contribution in [3.05, 3.63) is 0 Å². The summed E-state index contributed by atoms with van der Waals surface area (Å²) >= 11 is 0. The average Bonchev–Trinajstić information content (AvgIpc) is 2.40. The zero-order valence-corrected chi connectivity index (χ0v) is 4.28. The number of rotatable bonds is 2. The largest absolute Gasteiger partial charge is 0.358 e. The number of epoxide rings is 1. The van der Waals surface area contributed by atoms with Crippen molar-refractivity contribution in [3.8, 4) is 0 Å². The molecule has 0 aliphatic carbocycles. The molecule has 0 bridgehead atoms. The Morgan fingerprint density at radius 1 is 1.11 bits per heavy atom. The fourth-order valence-electron chi connectivity index (χ4n) is 0.431. The van der Waals surface area contributed by atoms with Crippen molar-refractivity contribution in [1.82, 2.24) is 0 Å². The van der Waals surface area contributed by atoms with Crippen LogP contribution < -0.4 is 0 Å². The predicted molar refractivity (Wildman–Crippen MR) is 20.7 cm³/mol. The fourth-order valence-corrected chi connectivity index (χ4v) is 0.431. The van der Waals surface area contributed by atoms with E-state index >= 15 is 0 Å². The van der Waals surface area contributed by atoms with Crippen LogP contribution in [0.2, 0.25) is 0 Å². The summed E-state index contributed by atoms with van der Waals surface area (Å²) in [6.07, 6.45) is -6.14. The molecular formula is C4H4F4O. The Morgan fingerprint density at radius 2 is 1.44 bits per heavy atom. The molecule has 0 unspecified atom stereocenters. The van der Waals surface area contributed by atoms with Crippen LogP contribution in [0.4, 0.5) is 17.6 Å². The highest BCUT2D eigenvalue weighted by molar-refractivity contribution is 4.97. The van der Waals surface area contributed by atoms with Crippen molar-refractivity contribution < 1.29 is 22.3 Å². The molecule has 1 aliphatic heterocycles. The van der Waals surface area contributed by atoms with E-state index in [1.165, 1.54) is 0 Å². The van der Waals surface area contributed by atoms with E-state index < -0.39 is 25.1 Å².